The molecule has 0 aliphatic carbocycles. The average Bonchev–Trinajstić information content (AvgIpc) is 3.28. The van der Waals surface area contributed by atoms with E-state index in [9.17, 15) is 4.79 Å². The number of carbonyl (C=O) groups is 1. The number of Topliss-reactive ketones (excluding diaryl/α,β-unsaturated/α-hetero) is 1. The van der Waals surface area contributed by atoms with Gasteiger partial charge in [-0.3, -0.25) is 4.79 Å². The van der Waals surface area contributed by atoms with E-state index in [1.54, 1.807) is 7.11 Å². The molecule has 7 heteroatoms. The zero-order valence-electron chi connectivity index (χ0n) is 17.7. The summed E-state index contributed by atoms with van der Waals surface area (Å²) in [7, 11) is 1.65. The lowest BCUT2D eigenvalue weighted by atomic mass is 10.2. The summed E-state index contributed by atoms with van der Waals surface area (Å²) in [5.41, 5.74) is 3.96. The Morgan fingerprint density at radius 3 is 2.45 bits per heavy atom. The SMILES string of the molecule is CCCn1c(C)cc(C(=O)CSc2nnc(-c3ccc(OC)cc3)n2CC)c1C. The van der Waals surface area contributed by atoms with Crippen molar-refractivity contribution in [2.75, 3.05) is 12.9 Å². The van der Waals surface area contributed by atoms with Crippen LogP contribution in [-0.4, -0.2) is 38.0 Å². The molecule has 0 unspecified atom stereocenters. The lowest BCUT2D eigenvalue weighted by Gasteiger charge is -2.08. The number of benzene rings is 1. The fourth-order valence-corrected chi connectivity index (χ4v) is 4.38. The van der Waals surface area contributed by atoms with Gasteiger partial charge < -0.3 is 13.9 Å². The van der Waals surface area contributed by atoms with E-state index in [2.05, 4.69) is 35.5 Å². The van der Waals surface area contributed by atoms with Crippen LogP contribution < -0.4 is 4.74 Å². The van der Waals surface area contributed by atoms with Crippen LogP contribution in [0.5, 0.6) is 5.75 Å². The molecule has 0 saturated heterocycles. The van der Waals surface area contributed by atoms with Gasteiger partial charge in [-0.05, 0) is 57.5 Å². The predicted octanol–water partition coefficient (Wildman–Crippen LogP) is 4.78. The Balaban J connectivity index is 1.76. The van der Waals surface area contributed by atoms with E-state index < -0.39 is 0 Å². The predicted molar refractivity (Wildman–Crippen MR) is 117 cm³/mol. The van der Waals surface area contributed by atoms with Gasteiger partial charge in [0.2, 0.25) is 0 Å². The van der Waals surface area contributed by atoms with Crippen LogP contribution in [0.1, 0.15) is 42.0 Å². The molecule has 0 aliphatic rings. The summed E-state index contributed by atoms with van der Waals surface area (Å²) in [6.07, 6.45) is 1.05. The van der Waals surface area contributed by atoms with Crippen molar-refractivity contribution in [3.05, 3.63) is 47.3 Å². The quantitative estimate of drug-likeness (QED) is 0.374. The minimum atomic E-state index is 0.127. The zero-order valence-corrected chi connectivity index (χ0v) is 18.5. The molecule has 0 atom stereocenters. The van der Waals surface area contributed by atoms with Gasteiger partial charge in [0.25, 0.3) is 0 Å². The largest absolute Gasteiger partial charge is 0.497 e. The van der Waals surface area contributed by atoms with Gasteiger partial charge in [-0.2, -0.15) is 0 Å². The van der Waals surface area contributed by atoms with Crippen molar-refractivity contribution in [3.63, 3.8) is 0 Å². The highest BCUT2D eigenvalue weighted by Crippen LogP contribution is 2.26. The number of ether oxygens (including phenoxy) is 1. The third-order valence-electron chi connectivity index (χ3n) is 5.03. The van der Waals surface area contributed by atoms with Crippen LogP contribution >= 0.6 is 11.8 Å². The van der Waals surface area contributed by atoms with E-state index in [0.717, 1.165) is 58.8 Å². The Labute approximate surface area is 176 Å². The van der Waals surface area contributed by atoms with Gasteiger partial charge in [-0.25, -0.2) is 0 Å². The Kier molecular flexibility index (Phi) is 6.79. The number of ketones is 1. The highest BCUT2D eigenvalue weighted by atomic mass is 32.2. The van der Waals surface area contributed by atoms with Crippen molar-refractivity contribution in [1.29, 1.82) is 0 Å². The minimum absolute atomic E-state index is 0.127. The monoisotopic (exact) mass is 412 g/mol. The average molecular weight is 413 g/mol. The normalized spacial score (nSPS) is 11.1. The number of aryl methyl sites for hydroxylation is 1. The second-order valence-corrected chi connectivity index (χ2v) is 7.87. The molecular formula is C22H28N4O2S. The topological polar surface area (TPSA) is 61.9 Å². The molecule has 0 N–H and O–H groups in total. The van der Waals surface area contributed by atoms with Crippen LogP contribution in [-0.2, 0) is 13.1 Å². The van der Waals surface area contributed by atoms with Gasteiger partial charge in [-0.15, -0.1) is 10.2 Å². The Morgan fingerprint density at radius 2 is 1.83 bits per heavy atom. The summed E-state index contributed by atoms with van der Waals surface area (Å²) in [6.45, 7) is 9.95. The summed E-state index contributed by atoms with van der Waals surface area (Å²) in [6, 6.07) is 9.76. The number of aromatic nitrogens is 4. The molecule has 6 nitrogen and oxygen atoms in total. The number of rotatable bonds is 9. The van der Waals surface area contributed by atoms with Gasteiger partial charge in [0.15, 0.2) is 16.8 Å². The maximum Gasteiger partial charge on any atom is 0.191 e. The highest BCUT2D eigenvalue weighted by molar-refractivity contribution is 7.99. The molecule has 0 saturated carbocycles. The number of nitrogens with zero attached hydrogens (tertiary/aromatic N) is 4. The summed E-state index contributed by atoms with van der Waals surface area (Å²) >= 11 is 1.44. The summed E-state index contributed by atoms with van der Waals surface area (Å²) in [5, 5.41) is 9.45. The molecule has 29 heavy (non-hydrogen) atoms. The van der Waals surface area contributed by atoms with E-state index in [0.29, 0.717) is 5.75 Å². The highest BCUT2D eigenvalue weighted by Gasteiger charge is 2.18. The molecule has 3 rings (SSSR count). The lowest BCUT2D eigenvalue weighted by molar-refractivity contribution is 0.102. The second kappa shape index (κ2) is 9.31. The van der Waals surface area contributed by atoms with Crippen LogP contribution in [0, 0.1) is 13.8 Å². The van der Waals surface area contributed by atoms with Gasteiger partial charge in [-0.1, -0.05) is 18.7 Å². The molecule has 2 heterocycles. The molecule has 0 bridgehead atoms. The fourth-order valence-electron chi connectivity index (χ4n) is 3.49. The summed E-state index contributed by atoms with van der Waals surface area (Å²) < 4.78 is 9.48. The molecule has 1 aromatic carbocycles. The van der Waals surface area contributed by atoms with Crippen molar-refractivity contribution in [2.45, 2.75) is 52.4 Å². The third-order valence-corrected chi connectivity index (χ3v) is 6.00. The van der Waals surface area contributed by atoms with Gasteiger partial charge in [0.1, 0.15) is 5.75 Å². The van der Waals surface area contributed by atoms with Crippen LogP contribution in [0.3, 0.4) is 0 Å². The zero-order chi connectivity index (χ0) is 21.0. The maximum absolute atomic E-state index is 12.9. The van der Waals surface area contributed by atoms with Gasteiger partial charge >= 0.3 is 0 Å². The van der Waals surface area contributed by atoms with E-state index in [-0.39, 0.29) is 5.78 Å². The number of hydrogen-bond donors (Lipinski definition) is 0. The molecular weight excluding hydrogens is 384 g/mol. The maximum atomic E-state index is 12.9. The van der Waals surface area contributed by atoms with Crippen LogP contribution in [0.25, 0.3) is 11.4 Å². The van der Waals surface area contributed by atoms with Crippen molar-refractivity contribution >= 4 is 17.5 Å². The number of carbonyl (C=O) groups excluding carboxylic acids is 1. The molecule has 0 amide bonds. The summed E-state index contributed by atoms with van der Waals surface area (Å²) in [5.74, 6) is 2.07. The first-order valence-electron chi connectivity index (χ1n) is 9.90. The molecule has 2 aromatic heterocycles. The van der Waals surface area contributed by atoms with Crippen LogP contribution in [0.2, 0.25) is 0 Å². The molecule has 3 aromatic rings. The van der Waals surface area contributed by atoms with Crippen LogP contribution in [0.4, 0.5) is 0 Å². The van der Waals surface area contributed by atoms with E-state index in [4.69, 9.17) is 4.74 Å². The number of hydrogen-bond acceptors (Lipinski definition) is 5. The molecule has 0 radical (unpaired) electrons. The number of methoxy groups -OCH3 is 1. The van der Waals surface area contributed by atoms with Gasteiger partial charge in [0, 0.05) is 35.6 Å². The molecule has 0 fully saturated rings. The Morgan fingerprint density at radius 1 is 1.10 bits per heavy atom. The second-order valence-electron chi connectivity index (χ2n) is 6.93. The van der Waals surface area contributed by atoms with Crippen molar-refractivity contribution in [2.24, 2.45) is 0 Å². The first-order valence-corrected chi connectivity index (χ1v) is 10.9. The molecule has 0 aliphatic heterocycles. The van der Waals surface area contributed by atoms with E-state index >= 15 is 0 Å². The van der Waals surface area contributed by atoms with Crippen LogP contribution in [0.15, 0.2) is 35.5 Å². The standard InChI is InChI=1S/C22H28N4O2S/c1-6-12-26-15(3)13-19(16(26)4)20(27)14-29-22-24-23-21(25(22)7-2)17-8-10-18(28-5)11-9-17/h8-11,13H,6-7,12,14H2,1-5H3. The van der Waals surface area contributed by atoms with Crippen molar-refractivity contribution in [3.8, 4) is 17.1 Å². The van der Waals surface area contributed by atoms with E-state index in [1.165, 1.54) is 11.8 Å². The van der Waals surface area contributed by atoms with Gasteiger partial charge in [0.05, 0.1) is 12.9 Å². The third kappa shape index (κ3) is 4.40. The minimum Gasteiger partial charge on any atom is -0.497 e. The first-order chi connectivity index (χ1) is 14.0. The first kappa shape index (κ1) is 21.2. The Hall–Kier alpha value is -2.54. The lowest BCUT2D eigenvalue weighted by Crippen LogP contribution is -2.07. The Bertz CT molecular complexity index is 989. The van der Waals surface area contributed by atoms with E-state index in [1.807, 2.05) is 41.8 Å². The number of thioether (sulfide) groups is 1. The van der Waals surface area contributed by atoms with Crippen molar-refractivity contribution in [1.82, 2.24) is 19.3 Å². The molecule has 0 spiro atoms. The fraction of sp³-hybridized carbons (Fsp3) is 0.409. The molecule has 154 valence electrons. The summed E-state index contributed by atoms with van der Waals surface area (Å²) in [4.78, 5) is 12.9. The smallest absolute Gasteiger partial charge is 0.191 e. The van der Waals surface area contributed by atoms with Crippen molar-refractivity contribution < 1.29 is 9.53 Å².